The van der Waals surface area contributed by atoms with Crippen molar-refractivity contribution in [1.29, 1.82) is 0 Å². The molecule has 114 valence electrons. The highest BCUT2D eigenvalue weighted by Gasteiger charge is 2.38. The lowest BCUT2D eigenvalue weighted by Crippen LogP contribution is -2.58. The predicted octanol–water partition coefficient (Wildman–Crippen LogP) is -0.156. The van der Waals surface area contributed by atoms with Crippen LogP contribution in [-0.2, 0) is 16.6 Å². The lowest BCUT2D eigenvalue weighted by Gasteiger charge is -2.44. The third-order valence-electron chi connectivity index (χ3n) is 3.92. The van der Waals surface area contributed by atoms with Crippen LogP contribution in [0.4, 0.5) is 0 Å². The van der Waals surface area contributed by atoms with Gasteiger partial charge in [-0.05, 0) is 27.9 Å². The first-order valence-electron chi connectivity index (χ1n) is 6.67. The van der Waals surface area contributed by atoms with E-state index in [4.69, 9.17) is 0 Å². The molecule has 0 amide bonds. The molecule has 2 heterocycles. The van der Waals surface area contributed by atoms with Gasteiger partial charge in [-0.2, -0.15) is 9.40 Å². The summed E-state index contributed by atoms with van der Waals surface area (Å²) in [6, 6.07) is 0. The first kappa shape index (κ1) is 15.4. The second-order valence-corrected chi connectivity index (χ2v) is 7.70. The van der Waals surface area contributed by atoms with Crippen LogP contribution >= 0.6 is 0 Å². The molecule has 0 unspecified atom stereocenters. The van der Waals surface area contributed by atoms with Crippen molar-refractivity contribution in [3.63, 3.8) is 0 Å². The maximum absolute atomic E-state index is 12.7. The van der Waals surface area contributed by atoms with Crippen molar-refractivity contribution in [1.82, 2.24) is 24.7 Å². The Hall–Kier alpha value is -0.960. The highest BCUT2D eigenvalue weighted by Crippen LogP contribution is 2.25. The molecule has 1 saturated heterocycles. The van der Waals surface area contributed by atoms with Crippen LogP contribution < -0.4 is 5.32 Å². The Kier molecular flexibility index (Phi) is 4.19. The second kappa shape index (κ2) is 5.44. The Balaban J connectivity index is 2.29. The van der Waals surface area contributed by atoms with Crippen molar-refractivity contribution in [3.8, 4) is 0 Å². The minimum absolute atomic E-state index is 0.172. The molecule has 0 radical (unpaired) electrons. The van der Waals surface area contributed by atoms with E-state index < -0.39 is 10.0 Å². The number of nitrogens with zero attached hydrogens (tertiary/aromatic N) is 3. The predicted molar refractivity (Wildman–Crippen MR) is 76.8 cm³/mol. The quantitative estimate of drug-likeness (QED) is 0.808. The van der Waals surface area contributed by atoms with Gasteiger partial charge in [-0.15, -0.1) is 0 Å². The number of nitrogens with one attached hydrogen (secondary N) is 2. The molecule has 0 saturated carbocycles. The summed E-state index contributed by atoms with van der Waals surface area (Å²) in [7, 11) is 0.283. The number of aromatic nitrogens is 2. The van der Waals surface area contributed by atoms with E-state index in [1.165, 1.54) is 0 Å². The number of hydrogen-bond donors (Lipinski definition) is 2. The molecule has 0 aromatic carbocycles. The number of rotatable bonds is 4. The molecule has 20 heavy (non-hydrogen) atoms. The molecule has 2 rings (SSSR count). The largest absolute Gasteiger partial charge is 0.316 e. The fourth-order valence-electron chi connectivity index (χ4n) is 2.37. The third kappa shape index (κ3) is 2.73. The Morgan fingerprint density at radius 2 is 2.15 bits per heavy atom. The molecule has 1 fully saturated rings. The van der Waals surface area contributed by atoms with Crippen LogP contribution in [-0.4, -0.2) is 67.1 Å². The average Bonchev–Trinajstić information content (AvgIpc) is 2.82. The van der Waals surface area contributed by atoms with Crippen molar-refractivity contribution < 1.29 is 8.42 Å². The van der Waals surface area contributed by atoms with Crippen LogP contribution in [0.25, 0.3) is 0 Å². The zero-order valence-corrected chi connectivity index (χ0v) is 13.3. The van der Waals surface area contributed by atoms with Gasteiger partial charge in [0, 0.05) is 37.3 Å². The summed E-state index contributed by atoms with van der Waals surface area (Å²) in [6.45, 7) is 6.28. The Labute approximate surface area is 120 Å². The molecule has 8 heteroatoms. The molecular weight excluding hydrogens is 278 g/mol. The van der Waals surface area contributed by atoms with E-state index in [2.05, 4.69) is 34.3 Å². The second-order valence-electron chi connectivity index (χ2n) is 5.83. The van der Waals surface area contributed by atoms with Crippen LogP contribution in [0.15, 0.2) is 11.2 Å². The number of likely N-dealkylation sites (N-methyl/N-ethyl adjacent to an activating group) is 1. The van der Waals surface area contributed by atoms with Gasteiger partial charge in [0.05, 0.1) is 6.20 Å². The molecule has 1 aliphatic rings. The average molecular weight is 301 g/mol. The summed E-state index contributed by atoms with van der Waals surface area (Å²) in [5.74, 6) is 0. The molecular formula is C12H23N5O2S. The zero-order valence-electron chi connectivity index (χ0n) is 12.5. The summed E-state index contributed by atoms with van der Waals surface area (Å²) in [4.78, 5) is 2.18. The van der Waals surface area contributed by atoms with Crippen molar-refractivity contribution in [2.45, 2.75) is 31.0 Å². The van der Waals surface area contributed by atoms with Crippen LogP contribution in [0.5, 0.6) is 0 Å². The van der Waals surface area contributed by atoms with E-state index in [1.54, 1.807) is 17.5 Å². The Bertz CT molecular complexity index is 566. The number of piperazine rings is 1. The first-order chi connectivity index (χ1) is 9.29. The van der Waals surface area contributed by atoms with E-state index in [0.717, 1.165) is 6.54 Å². The summed E-state index contributed by atoms with van der Waals surface area (Å²) in [6.07, 6.45) is 1.56. The zero-order chi connectivity index (χ0) is 15.0. The summed E-state index contributed by atoms with van der Waals surface area (Å²) in [5, 5.41) is 9.66. The molecule has 1 aliphatic heterocycles. The third-order valence-corrected chi connectivity index (χ3v) is 5.79. The SMILES string of the molecule is CNCc1cn[nH]c1S(=O)(=O)N1CCN(C)C(C)(C)C1. The number of H-pyrrole nitrogens is 1. The molecule has 0 atom stereocenters. The highest BCUT2D eigenvalue weighted by molar-refractivity contribution is 7.89. The topological polar surface area (TPSA) is 81.3 Å². The molecule has 0 bridgehead atoms. The fourth-order valence-corrected chi connectivity index (χ4v) is 4.06. The van der Waals surface area contributed by atoms with Crippen LogP contribution in [0.2, 0.25) is 0 Å². The van der Waals surface area contributed by atoms with E-state index in [-0.39, 0.29) is 10.6 Å². The standard InChI is InChI=1S/C12H23N5O2S/c1-12(2)9-17(6-5-16(12)4)20(18,19)11-10(7-13-3)8-14-15-11/h8,13H,5-7,9H2,1-4H3,(H,14,15). The molecule has 1 aromatic rings. The Morgan fingerprint density at radius 1 is 1.45 bits per heavy atom. The summed E-state index contributed by atoms with van der Waals surface area (Å²) < 4.78 is 27.0. The highest BCUT2D eigenvalue weighted by atomic mass is 32.2. The molecule has 1 aromatic heterocycles. The number of sulfonamides is 1. The van der Waals surface area contributed by atoms with Gasteiger partial charge >= 0.3 is 0 Å². The van der Waals surface area contributed by atoms with Crippen molar-refractivity contribution in [2.24, 2.45) is 0 Å². The van der Waals surface area contributed by atoms with Crippen molar-refractivity contribution in [3.05, 3.63) is 11.8 Å². The van der Waals surface area contributed by atoms with Crippen LogP contribution in [0.3, 0.4) is 0 Å². The minimum atomic E-state index is -3.52. The van der Waals surface area contributed by atoms with Gasteiger partial charge in [0.15, 0.2) is 5.03 Å². The van der Waals surface area contributed by atoms with Gasteiger partial charge in [0.2, 0.25) is 0 Å². The normalized spacial score (nSPS) is 21.2. The van der Waals surface area contributed by atoms with E-state index in [0.29, 0.717) is 25.2 Å². The molecule has 0 aliphatic carbocycles. The Morgan fingerprint density at radius 3 is 2.75 bits per heavy atom. The van der Waals surface area contributed by atoms with Crippen molar-refractivity contribution >= 4 is 10.0 Å². The molecule has 7 nitrogen and oxygen atoms in total. The van der Waals surface area contributed by atoms with Gasteiger partial charge in [-0.3, -0.25) is 10.00 Å². The van der Waals surface area contributed by atoms with E-state index in [9.17, 15) is 8.42 Å². The summed E-state index contributed by atoms with van der Waals surface area (Å²) >= 11 is 0. The van der Waals surface area contributed by atoms with Gasteiger partial charge < -0.3 is 5.32 Å². The minimum Gasteiger partial charge on any atom is -0.316 e. The maximum Gasteiger partial charge on any atom is 0.260 e. The fraction of sp³-hybridized carbons (Fsp3) is 0.750. The van der Waals surface area contributed by atoms with E-state index in [1.807, 2.05) is 7.05 Å². The number of hydrogen-bond acceptors (Lipinski definition) is 5. The maximum atomic E-state index is 12.7. The van der Waals surface area contributed by atoms with Gasteiger partial charge in [-0.1, -0.05) is 0 Å². The monoisotopic (exact) mass is 301 g/mol. The smallest absolute Gasteiger partial charge is 0.260 e. The van der Waals surface area contributed by atoms with Crippen molar-refractivity contribution in [2.75, 3.05) is 33.7 Å². The number of aromatic amines is 1. The van der Waals surface area contributed by atoms with Crippen LogP contribution in [0.1, 0.15) is 19.4 Å². The molecule has 0 spiro atoms. The van der Waals surface area contributed by atoms with Gasteiger partial charge in [-0.25, -0.2) is 8.42 Å². The lowest BCUT2D eigenvalue weighted by molar-refractivity contribution is 0.0800. The first-order valence-corrected chi connectivity index (χ1v) is 8.11. The lowest BCUT2D eigenvalue weighted by atomic mass is 10.0. The molecule has 2 N–H and O–H groups in total. The van der Waals surface area contributed by atoms with Gasteiger partial charge in [0.25, 0.3) is 10.0 Å². The summed E-state index contributed by atoms with van der Waals surface area (Å²) in [5.41, 5.74) is 0.498. The van der Waals surface area contributed by atoms with Gasteiger partial charge in [0.1, 0.15) is 0 Å². The van der Waals surface area contributed by atoms with E-state index >= 15 is 0 Å². The van der Waals surface area contributed by atoms with Crippen LogP contribution in [0, 0.1) is 0 Å².